The van der Waals surface area contributed by atoms with Crippen molar-refractivity contribution in [2.45, 2.75) is 26.3 Å². The number of para-hydroxylation sites is 1. The van der Waals surface area contributed by atoms with Crippen molar-refractivity contribution in [1.29, 1.82) is 0 Å². The fourth-order valence-corrected chi connectivity index (χ4v) is 4.28. The molecule has 1 aromatic heterocycles. The highest BCUT2D eigenvalue weighted by Crippen LogP contribution is 2.44. The number of nitrogens with zero attached hydrogens (tertiary/aromatic N) is 1. The van der Waals surface area contributed by atoms with Crippen LogP contribution in [0.1, 0.15) is 31.0 Å². The molecule has 0 radical (unpaired) electrons. The number of hydrogen-bond donors (Lipinski definition) is 0. The van der Waals surface area contributed by atoms with Gasteiger partial charge >= 0.3 is 0 Å². The first-order valence-corrected chi connectivity index (χ1v) is 8.38. The van der Waals surface area contributed by atoms with Crippen molar-refractivity contribution >= 4 is 21.8 Å². The SMILES string of the molecule is CC(C)n1c2ccccc2c2c3c(ccc21)-c1ccccc1C3. The summed E-state index contributed by atoms with van der Waals surface area (Å²) in [4.78, 5) is 0. The van der Waals surface area contributed by atoms with E-state index in [1.165, 1.54) is 44.1 Å². The van der Waals surface area contributed by atoms with E-state index in [0.717, 1.165) is 6.42 Å². The number of rotatable bonds is 1. The minimum absolute atomic E-state index is 0.458. The van der Waals surface area contributed by atoms with E-state index >= 15 is 0 Å². The summed E-state index contributed by atoms with van der Waals surface area (Å²) in [6.07, 6.45) is 1.05. The summed E-state index contributed by atoms with van der Waals surface area (Å²) in [5.41, 5.74) is 8.50. The molecule has 1 heteroatoms. The molecule has 0 fully saturated rings. The van der Waals surface area contributed by atoms with E-state index in [4.69, 9.17) is 0 Å². The van der Waals surface area contributed by atoms with Gasteiger partial charge in [0.05, 0.1) is 0 Å². The van der Waals surface area contributed by atoms with Gasteiger partial charge in [-0.3, -0.25) is 0 Å². The van der Waals surface area contributed by atoms with Crippen molar-refractivity contribution in [2.24, 2.45) is 0 Å². The van der Waals surface area contributed by atoms with Crippen LogP contribution in [0.4, 0.5) is 0 Å². The van der Waals surface area contributed by atoms with E-state index in [9.17, 15) is 0 Å². The molecule has 0 aliphatic heterocycles. The minimum Gasteiger partial charge on any atom is -0.338 e. The van der Waals surface area contributed by atoms with Gasteiger partial charge in [0.15, 0.2) is 0 Å². The Bertz CT molecular complexity index is 1070. The quantitative estimate of drug-likeness (QED) is 0.360. The maximum absolute atomic E-state index is 2.48. The third-order valence-corrected chi connectivity index (χ3v) is 5.17. The van der Waals surface area contributed by atoms with Crippen LogP contribution in [0.5, 0.6) is 0 Å². The molecule has 4 aromatic rings. The van der Waals surface area contributed by atoms with Crippen LogP contribution < -0.4 is 0 Å². The van der Waals surface area contributed by atoms with Crippen molar-refractivity contribution in [1.82, 2.24) is 4.57 Å². The first kappa shape index (κ1) is 13.0. The van der Waals surface area contributed by atoms with Gasteiger partial charge in [0.2, 0.25) is 0 Å². The van der Waals surface area contributed by atoms with Crippen LogP contribution >= 0.6 is 0 Å². The molecular weight excluding hydrogens is 278 g/mol. The molecule has 5 rings (SSSR count). The van der Waals surface area contributed by atoms with Crippen LogP contribution in [0.25, 0.3) is 32.9 Å². The molecule has 1 aliphatic carbocycles. The van der Waals surface area contributed by atoms with E-state index in [1.807, 2.05) is 0 Å². The molecule has 112 valence electrons. The van der Waals surface area contributed by atoms with Gasteiger partial charge in [0, 0.05) is 27.8 Å². The lowest BCUT2D eigenvalue weighted by Crippen LogP contribution is -1.99. The molecule has 23 heavy (non-hydrogen) atoms. The van der Waals surface area contributed by atoms with Gasteiger partial charge < -0.3 is 4.57 Å². The molecule has 0 amide bonds. The Kier molecular flexibility index (Phi) is 2.52. The molecular formula is C22H19N. The smallest absolute Gasteiger partial charge is 0.0497 e. The molecule has 1 nitrogen and oxygen atoms in total. The topological polar surface area (TPSA) is 4.93 Å². The van der Waals surface area contributed by atoms with E-state index in [0.29, 0.717) is 6.04 Å². The van der Waals surface area contributed by atoms with Crippen LogP contribution in [0.3, 0.4) is 0 Å². The van der Waals surface area contributed by atoms with Gasteiger partial charge in [0.1, 0.15) is 0 Å². The van der Waals surface area contributed by atoms with E-state index in [2.05, 4.69) is 79.1 Å². The first-order valence-electron chi connectivity index (χ1n) is 8.38. The third-order valence-electron chi connectivity index (χ3n) is 5.17. The lowest BCUT2D eigenvalue weighted by atomic mass is 10.0. The highest BCUT2D eigenvalue weighted by molar-refractivity contribution is 6.12. The Morgan fingerprint density at radius 1 is 0.783 bits per heavy atom. The summed E-state index contributed by atoms with van der Waals surface area (Å²) in [6.45, 7) is 4.54. The fraction of sp³-hybridized carbons (Fsp3) is 0.182. The zero-order chi connectivity index (χ0) is 15.6. The van der Waals surface area contributed by atoms with Gasteiger partial charge in [-0.25, -0.2) is 0 Å². The van der Waals surface area contributed by atoms with Crippen LogP contribution in [-0.4, -0.2) is 4.57 Å². The minimum atomic E-state index is 0.458. The van der Waals surface area contributed by atoms with E-state index in [1.54, 1.807) is 0 Å². The maximum Gasteiger partial charge on any atom is 0.0497 e. The molecule has 0 saturated carbocycles. The molecule has 0 atom stereocenters. The second-order valence-corrected chi connectivity index (χ2v) is 6.80. The van der Waals surface area contributed by atoms with Crippen LogP contribution in [0.2, 0.25) is 0 Å². The molecule has 0 unspecified atom stereocenters. The largest absolute Gasteiger partial charge is 0.338 e. The Morgan fingerprint density at radius 2 is 1.57 bits per heavy atom. The molecule has 0 bridgehead atoms. The second kappa shape index (κ2) is 4.48. The van der Waals surface area contributed by atoms with Crippen LogP contribution in [0.15, 0.2) is 60.7 Å². The van der Waals surface area contributed by atoms with Crippen molar-refractivity contribution in [3.63, 3.8) is 0 Å². The van der Waals surface area contributed by atoms with Gasteiger partial charge in [-0.05, 0) is 54.7 Å². The summed E-state index contributed by atoms with van der Waals surface area (Å²) >= 11 is 0. The van der Waals surface area contributed by atoms with Crippen LogP contribution in [0, 0.1) is 0 Å². The van der Waals surface area contributed by atoms with Crippen LogP contribution in [-0.2, 0) is 6.42 Å². The van der Waals surface area contributed by atoms with Crippen molar-refractivity contribution in [2.75, 3.05) is 0 Å². The zero-order valence-electron chi connectivity index (χ0n) is 13.5. The average molecular weight is 297 g/mol. The standard InChI is InChI=1S/C22H19N/c1-14(2)23-20-10-6-5-9-18(20)22-19-13-15-7-3-4-8-16(15)17(19)11-12-21(22)23/h3-12,14H,13H2,1-2H3. The average Bonchev–Trinajstić information content (AvgIpc) is 3.10. The van der Waals surface area contributed by atoms with Gasteiger partial charge in [-0.1, -0.05) is 48.5 Å². The predicted molar refractivity (Wildman–Crippen MR) is 98.1 cm³/mol. The van der Waals surface area contributed by atoms with Crippen molar-refractivity contribution in [3.05, 3.63) is 71.8 Å². The third kappa shape index (κ3) is 1.62. The molecule has 0 N–H and O–H groups in total. The maximum atomic E-state index is 2.48. The molecule has 0 saturated heterocycles. The van der Waals surface area contributed by atoms with Gasteiger partial charge in [-0.15, -0.1) is 0 Å². The predicted octanol–water partition coefficient (Wildman–Crippen LogP) is 5.95. The Hall–Kier alpha value is -2.54. The summed E-state index contributed by atoms with van der Waals surface area (Å²) < 4.78 is 2.48. The zero-order valence-corrected chi connectivity index (χ0v) is 13.5. The summed E-state index contributed by atoms with van der Waals surface area (Å²) in [5, 5.41) is 2.84. The lowest BCUT2D eigenvalue weighted by Gasteiger charge is -2.12. The highest BCUT2D eigenvalue weighted by atomic mass is 15.0. The Morgan fingerprint density at radius 3 is 2.43 bits per heavy atom. The summed E-state index contributed by atoms with van der Waals surface area (Å²) in [6, 6.07) is 22.8. The highest BCUT2D eigenvalue weighted by Gasteiger charge is 2.23. The number of benzene rings is 3. The van der Waals surface area contributed by atoms with Crippen molar-refractivity contribution < 1.29 is 0 Å². The monoisotopic (exact) mass is 297 g/mol. The molecule has 1 aliphatic rings. The molecule has 3 aromatic carbocycles. The second-order valence-electron chi connectivity index (χ2n) is 6.80. The van der Waals surface area contributed by atoms with Gasteiger partial charge in [0.25, 0.3) is 0 Å². The van der Waals surface area contributed by atoms with E-state index in [-0.39, 0.29) is 0 Å². The Labute approximate surface area is 136 Å². The number of hydrogen-bond acceptors (Lipinski definition) is 0. The van der Waals surface area contributed by atoms with Gasteiger partial charge in [-0.2, -0.15) is 0 Å². The summed E-state index contributed by atoms with van der Waals surface area (Å²) in [5.74, 6) is 0. The van der Waals surface area contributed by atoms with Crippen molar-refractivity contribution in [3.8, 4) is 11.1 Å². The molecule has 1 heterocycles. The first-order chi connectivity index (χ1) is 11.3. The normalized spacial score (nSPS) is 13.0. The number of fused-ring (bicyclic) bond motifs is 7. The Balaban J connectivity index is 1.96. The summed E-state index contributed by atoms with van der Waals surface area (Å²) in [7, 11) is 0. The van der Waals surface area contributed by atoms with E-state index < -0.39 is 0 Å². The molecule has 0 spiro atoms. The number of aromatic nitrogens is 1. The fourth-order valence-electron chi connectivity index (χ4n) is 4.28. The lowest BCUT2D eigenvalue weighted by molar-refractivity contribution is 0.642.